The van der Waals surface area contributed by atoms with Gasteiger partial charge in [-0.1, -0.05) is 30.3 Å². The number of likely N-dealkylation sites (tertiary alicyclic amines) is 1. The minimum Gasteiger partial charge on any atom is -0.480 e. The number of nitrogens with two attached hydrogens (primary N) is 1. The number of hydrogen-bond acceptors (Lipinski definition) is 4. The number of amides is 1. The van der Waals surface area contributed by atoms with Gasteiger partial charge in [0.15, 0.2) is 0 Å². The van der Waals surface area contributed by atoms with Crippen molar-refractivity contribution in [3.05, 3.63) is 35.9 Å². The molecule has 0 aromatic heterocycles. The molecule has 7 heteroatoms. The summed E-state index contributed by atoms with van der Waals surface area (Å²) in [5.41, 5.74) is 5.32. The molecule has 2 atom stereocenters. The number of nitrogens with zero attached hydrogens (tertiary/aromatic N) is 1. The third-order valence-electron chi connectivity index (χ3n) is 3.56. The predicted molar refractivity (Wildman–Crippen MR) is 79.2 cm³/mol. The van der Waals surface area contributed by atoms with Gasteiger partial charge < -0.3 is 15.6 Å². The van der Waals surface area contributed by atoms with Gasteiger partial charge in [-0.05, 0) is 18.9 Å². The smallest absolute Gasteiger partial charge is 0.411 e. The van der Waals surface area contributed by atoms with Gasteiger partial charge in [0.05, 0.1) is 0 Å². The molecule has 1 aliphatic heterocycles. The van der Waals surface area contributed by atoms with Crippen LogP contribution in [-0.4, -0.2) is 40.2 Å². The quantitative estimate of drug-likeness (QED) is 0.884. The van der Waals surface area contributed by atoms with Gasteiger partial charge in [0.2, 0.25) is 0 Å². The molecule has 1 amide bonds. The van der Waals surface area contributed by atoms with Crippen LogP contribution in [0.2, 0.25) is 0 Å². The lowest BCUT2D eigenvalue weighted by molar-refractivity contribution is -0.147. The zero-order valence-electron chi connectivity index (χ0n) is 11.7. The van der Waals surface area contributed by atoms with Crippen molar-refractivity contribution in [2.45, 2.75) is 31.5 Å². The molecule has 1 aromatic rings. The SMILES string of the molecule is C[C@]1(C(=O)O)C[C@H](N)CN1C(=O)OCc1ccccc1.Cl. The highest BCUT2D eigenvalue weighted by molar-refractivity contribution is 5.85. The fourth-order valence-electron chi connectivity index (χ4n) is 2.40. The highest BCUT2D eigenvalue weighted by atomic mass is 35.5. The number of benzene rings is 1. The van der Waals surface area contributed by atoms with E-state index in [0.29, 0.717) is 0 Å². The van der Waals surface area contributed by atoms with E-state index in [1.807, 2.05) is 30.3 Å². The highest BCUT2D eigenvalue weighted by Crippen LogP contribution is 2.29. The second-order valence-corrected chi connectivity index (χ2v) is 5.19. The number of rotatable bonds is 3. The van der Waals surface area contributed by atoms with Crippen molar-refractivity contribution in [1.82, 2.24) is 4.90 Å². The molecule has 0 bridgehead atoms. The molecule has 6 nitrogen and oxygen atoms in total. The molecule has 2 rings (SSSR count). The van der Waals surface area contributed by atoms with Crippen molar-refractivity contribution < 1.29 is 19.4 Å². The molecule has 0 saturated carbocycles. The summed E-state index contributed by atoms with van der Waals surface area (Å²) in [4.78, 5) is 24.6. The molecule has 0 spiro atoms. The third kappa shape index (κ3) is 3.65. The van der Waals surface area contributed by atoms with Crippen molar-refractivity contribution in [3.8, 4) is 0 Å². The van der Waals surface area contributed by atoms with Gasteiger partial charge in [0, 0.05) is 12.6 Å². The van der Waals surface area contributed by atoms with E-state index in [-0.39, 0.29) is 38.0 Å². The molecule has 116 valence electrons. The van der Waals surface area contributed by atoms with Crippen molar-refractivity contribution >= 4 is 24.5 Å². The highest BCUT2D eigenvalue weighted by Gasteiger charge is 2.49. The second-order valence-electron chi connectivity index (χ2n) is 5.19. The van der Waals surface area contributed by atoms with Crippen molar-refractivity contribution in [2.75, 3.05) is 6.54 Å². The molecule has 1 aliphatic rings. The van der Waals surface area contributed by atoms with Crippen molar-refractivity contribution in [3.63, 3.8) is 0 Å². The Morgan fingerprint density at radius 3 is 2.62 bits per heavy atom. The largest absolute Gasteiger partial charge is 0.480 e. The molecule has 0 unspecified atom stereocenters. The van der Waals surface area contributed by atoms with E-state index in [9.17, 15) is 14.7 Å². The summed E-state index contributed by atoms with van der Waals surface area (Å²) >= 11 is 0. The standard InChI is InChI=1S/C14H18N2O4.ClH/c1-14(12(17)18)7-11(15)8-16(14)13(19)20-9-10-5-3-2-4-6-10;/h2-6,11H,7-9,15H2,1H3,(H,17,18);1H/t11-,14+;/m0./s1. The molecular formula is C14H19ClN2O4. The van der Waals surface area contributed by atoms with E-state index in [0.717, 1.165) is 5.56 Å². The molecule has 0 radical (unpaired) electrons. The first-order chi connectivity index (χ1) is 9.43. The van der Waals surface area contributed by atoms with Crippen LogP contribution in [0.5, 0.6) is 0 Å². The fraction of sp³-hybridized carbons (Fsp3) is 0.429. The van der Waals surface area contributed by atoms with E-state index in [1.165, 1.54) is 11.8 Å². The Labute approximate surface area is 129 Å². The average molecular weight is 315 g/mol. The number of aliphatic carboxylic acids is 1. The number of ether oxygens (including phenoxy) is 1. The second kappa shape index (κ2) is 6.78. The molecule has 1 heterocycles. The normalized spacial score (nSPS) is 24.3. The van der Waals surface area contributed by atoms with Crippen molar-refractivity contribution in [2.24, 2.45) is 5.73 Å². The maximum atomic E-state index is 12.1. The van der Waals surface area contributed by atoms with E-state index < -0.39 is 17.6 Å². The Bertz CT molecular complexity index is 511. The Morgan fingerprint density at radius 1 is 1.43 bits per heavy atom. The molecule has 1 aromatic carbocycles. The van der Waals surface area contributed by atoms with Gasteiger partial charge in [0.1, 0.15) is 12.1 Å². The number of hydrogen-bond donors (Lipinski definition) is 2. The van der Waals surface area contributed by atoms with E-state index in [4.69, 9.17) is 10.5 Å². The summed E-state index contributed by atoms with van der Waals surface area (Å²) < 4.78 is 5.17. The molecule has 1 saturated heterocycles. The summed E-state index contributed by atoms with van der Waals surface area (Å²) in [5.74, 6) is -1.07. The van der Waals surface area contributed by atoms with Crippen molar-refractivity contribution in [1.29, 1.82) is 0 Å². The number of carboxylic acids is 1. The summed E-state index contributed by atoms with van der Waals surface area (Å²) in [6.07, 6.45) is -0.422. The van der Waals surface area contributed by atoms with Crippen LogP contribution < -0.4 is 5.73 Å². The number of halogens is 1. The Balaban J connectivity index is 0.00000220. The van der Waals surface area contributed by atoms with Gasteiger partial charge in [-0.2, -0.15) is 0 Å². The lowest BCUT2D eigenvalue weighted by Gasteiger charge is -2.29. The fourth-order valence-corrected chi connectivity index (χ4v) is 2.40. The maximum Gasteiger partial charge on any atom is 0.411 e. The average Bonchev–Trinajstić information content (AvgIpc) is 2.74. The van der Waals surface area contributed by atoms with Gasteiger partial charge in [-0.3, -0.25) is 4.90 Å². The molecule has 3 N–H and O–H groups in total. The van der Waals surface area contributed by atoms with Crippen LogP contribution in [0.3, 0.4) is 0 Å². The van der Waals surface area contributed by atoms with Crippen LogP contribution in [0.25, 0.3) is 0 Å². The zero-order valence-corrected chi connectivity index (χ0v) is 12.5. The van der Waals surface area contributed by atoms with Crippen LogP contribution >= 0.6 is 12.4 Å². The van der Waals surface area contributed by atoms with E-state index >= 15 is 0 Å². The molecule has 21 heavy (non-hydrogen) atoms. The van der Waals surface area contributed by atoms with Crippen LogP contribution in [0.1, 0.15) is 18.9 Å². The minimum atomic E-state index is -1.30. The lowest BCUT2D eigenvalue weighted by Crippen LogP contribution is -2.50. The van der Waals surface area contributed by atoms with Gasteiger partial charge in [0.25, 0.3) is 0 Å². The topological polar surface area (TPSA) is 92.9 Å². The van der Waals surface area contributed by atoms with E-state index in [1.54, 1.807) is 0 Å². The summed E-state index contributed by atoms with van der Waals surface area (Å²) in [6, 6.07) is 8.87. The maximum absolute atomic E-state index is 12.1. The third-order valence-corrected chi connectivity index (χ3v) is 3.56. The summed E-state index contributed by atoms with van der Waals surface area (Å²) in [5, 5.41) is 9.29. The Hall–Kier alpha value is -1.79. The Kier molecular flexibility index (Phi) is 5.57. The molecule has 0 aliphatic carbocycles. The van der Waals surface area contributed by atoms with Gasteiger partial charge in [-0.25, -0.2) is 9.59 Å². The number of carboxylic acid groups (broad SMARTS) is 1. The number of carbonyl (C=O) groups is 2. The van der Waals surface area contributed by atoms with E-state index in [2.05, 4.69) is 0 Å². The van der Waals surface area contributed by atoms with Crippen LogP contribution in [-0.2, 0) is 16.1 Å². The van der Waals surface area contributed by atoms with Crippen LogP contribution in [0.4, 0.5) is 4.79 Å². The number of carbonyl (C=O) groups excluding carboxylic acids is 1. The zero-order chi connectivity index (χ0) is 14.8. The summed E-state index contributed by atoms with van der Waals surface area (Å²) in [6.45, 7) is 1.80. The van der Waals surface area contributed by atoms with Gasteiger partial charge >= 0.3 is 12.1 Å². The van der Waals surface area contributed by atoms with Gasteiger partial charge in [-0.15, -0.1) is 12.4 Å². The van der Waals surface area contributed by atoms with Crippen LogP contribution in [0, 0.1) is 0 Å². The Morgan fingerprint density at radius 2 is 2.05 bits per heavy atom. The van der Waals surface area contributed by atoms with Crippen LogP contribution in [0.15, 0.2) is 30.3 Å². The first-order valence-corrected chi connectivity index (χ1v) is 6.41. The summed E-state index contributed by atoms with van der Waals surface area (Å²) in [7, 11) is 0. The molecular weight excluding hydrogens is 296 g/mol. The predicted octanol–water partition coefficient (Wildman–Crippen LogP) is 1.62. The minimum absolute atomic E-state index is 0. The monoisotopic (exact) mass is 314 g/mol. The first kappa shape index (κ1) is 17.3. The first-order valence-electron chi connectivity index (χ1n) is 6.41. The lowest BCUT2D eigenvalue weighted by atomic mass is 9.98. The molecule has 1 fully saturated rings.